The summed E-state index contributed by atoms with van der Waals surface area (Å²) in [5.41, 5.74) is 5.42. The highest BCUT2D eigenvalue weighted by Crippen LogP contribution is 2.48. The highest BCUT2D eigenvalue weighted by molar-refractivity contribution is 7.55. The second kappa shape index (κ2) is 7.41. The van der Waals surface area contributed by atoms with Gasteiger partial charge < -0.3 is 19.3 Å². The molecule has 16 heavy (non-hydrogen) atoms. The summed E-state index contributed by atoms with van der Waals surface area (Å²) < 4.78 is 11.6. The van der Waals surface area contributed by atoms with E-state index in [0.717, 1.165) is 23.9 Å². The van der Waals surface area contributed by atoms with Crippen LogP contribution in [0.5, 0.6) is 0 Å². The third-order valence-electron chi connectivity index (χ3n) is 2.26. The molecule has 0 aromatic rings. The van der Waals surface area contributed by atoms with Gasteiger partial charge in [-0.15, -0.1) is 0 Å². The van der Waals surface area contributed by atoms with Crippen molar-refractivity contribution < 1.29 is 13.5 Å². The van der Waals surface area contributed by atoms with Gasteiger partial charge in [-0.25, -0.2) is 0 Å². The maximum absolute atomic E-state index is 8.07. The summed E-state index contributed by atoms with van der Waals surface area (Å²) in [6.07, 6.45) is 2.52. The number of rotatable bonds is 9. The molecule has 0 rings (SSSR count). The zero-order chi connectivity index (χ0) is 12.7. The van der Waals surface area contributed by atoms with Crippen molar-refractivity contribution in [2.75, 3.05) is 54.1 Å². The molecule has 0 aromatic heterocycles. The first kappa shape index (κ1) is 16.1. The minimum Gasteiger partial charge on any atom is -0.330 e. The lowest BCUT2D eigenvalue weighted by Crippen LogP contribution is -2.37. The van der Waals surface area contributed by atoms with Crippen LogP contribution < -0.4 is 5.73 Å². The van der Waals surface area contributed by atoms with Gasteiger partial charge in [0.1, 0.15) is 13.2 Å². The van der Waals surface area contributed by atoms with E-state index in [1.807, 2.05) is 0 Å². The summed E-state index contributed by atoms with van der Waals surface area (Å²) in [6, 6.07) is 0. The number of nitrogens with two attached hydrogens (primary N) is 1. The first-order valence-electron chi connectivity index (χ1n) is 5.67. The van der Waals surface area contributed by atoms with E-state index in [1.165, 1.54) is 0 Å². The van der Waals surface area contributed by atoms with E-state index in [0.29, 0.717) is 19.3 Å². The Hall–Kier alpha value is 0.0700. The van der Waals surface area contributed by atoms with Gasteiger partial charge >= 0.3 is 0 Å². The lowest BCUT2D eigenvalue weighted by Gasteiger charge is -2.26. The lowest BCUT2D eigenvalue weighted by atomic mass is 10.3. The van der Waals surface area contributed by atoms with E-state index in [4.69, 9.17) is 19.9 Å². The Morgan fingerprint density at radius 1 is 1.25 bits per heavy atom. The Morgan fingerprint density at radius 3 is 2.31 bits per heavy atom. The first-order chi connectivity index (χ1) is 7.33. The molecule has 0 aromatic carbocycles. The van der Waals surface area contributed by atoms with Crippen molar-refractivity contribution >= 4 is 7.51 Å². The van der Waals surface area contributed by atoms with Gasteiger partial charge in [-0.05, 0) is 19.4 Å². The average Bonchev–Trinajstić information content (AvgIpc) is 2.16. The molecule has 5 nitrogen and oxygen atoms in total. The Bertz CT molecular complexity index is 229. The van der Waals surface area contributed by atoms with E-state index in [9.17, 15) is 0 Å². The maximum atomic E-state index is 8.07. The van der Waals surface area contributed by atoms with Crippen LogP contribution in [0, 0.1) is 5.16 Å². The lowest BCUT2D eigenvalue weighted by molar-refractivity contribution is -0.870. The fourth-order valence-electron chi connectivity index (χ4n) is 1.13. The summed E-state index contributed by atoms with van der Waals surface area (Å²) in [6.45, 7) is 2.14. The van der Waals surface area contributed by atoms with Crippen LogP contribution >= 0.6 is 7.51 Å². The van der Waals surface area contributed by atoms with Crippen LogP contribution in [0.15, 0.2) is 0 Å². The average molecular weight is 252 g/mol. The molecular weight excluding hydrogens is 225 g/mol. The van der Waals surface area contributed by atoms with Crippen molar-refractivity contribution in [2.24, 2.45) is 5.73 Å². The summed E-state index contributed by atoms with van der Waals surface area (Å²) in [4.78, 5) is 0. The standard InChI is InChI=1S/C10H27N3O2P/c1-13(2,3)8-9-15-16(12,14-4)10-6-5-7-11/h12H,5-11H2,1-4H3/q+1. The smallest absolute Gasteiger partial charge is 0.209 e. The summed E-state index contributed by atoms with van der Waals surface area (Å²) >= 11 is 0. The van der Waals surface area contributed by atoms with Crippen molar-refractivity contribution in [3.05, 3.63) is 0 Å². The number of unbranched alkanes of at least 4 members (excludes halogenated alkanes) is 1. The van der Waals surface area contributed by atoms with Crippen molar-refractivity contribution in [2.45, 2.75) is 12.8 Å². The molecule has 1 unspecified atom stereocenters. The van der Waals surface area contributed by atoms with Gasteiger partial charge in [0.2, 0.25) is 7.51 Å². The predicted molar refractivity (Wildman–Crippen MR) is 68.7 cm³/mol. The van der Waals surface area contributed by atoms with Crippen LogP contribution in [0.1, 0.15) is 12.8 Å². The van der Waals surface area contributed by atoms with Gasteiger partial charge in [0.15, 0.2) is 0 Å². The number of hydrogen-bond donors (Lipinski definition) is 2. The molecule has 0 bridgehead atoms. The Morgan fingerprint density at radius 2 is 1.88 bits per heavy atom. The number of nitrogens with zero attached hydrogens (tertiary/aromatic N) is 1. The molecule has 0 heterocycles. The molecule has 0 aliphatic rings. The van der Waals surface area contributed by atoms with Gasteiger partial charge in [-0.2, -0.15) is 0 Å². The Labute approximate surface area is 99.5 Å². The number of quaternary nitrogens is 1. The van der Waals surface area contributed by atoms with E-state index >= 15 is 0 Å². The Kier molecular flexibility index (Phi) is 7.44. The molecule has 0 radical (unpaired) electrons. The summed E-state index contributed by atoms with van der Waals surface area (Å²) in [5, 5.41) is 8.07. The molecule has 0 amide bonds. The van der Waals surface area contributed by atoms with Gasteiger partial charge in [-0.1, -0.05) is 0 Å². The van der Waals surface area contributed by atoms with Crippen molar-refractivity contribution in [1.29, 1.82) is 5.16 Å². The monoisotopic (exact) mass is 252 g/mol. The molecule has 0 saturated heterocycles. The van der Waals surface area contributed by atoms with Crippen LogP contribution in [0.25, 0.3) is 0 Å². The van der Waals surface area contributed by atoms with Gasteiger partial charge in [0.05, 0.1) is 21.1 Å². The quantitative estimate of drug-likeness (QED) is 0.373. The molecule has 0 aliphatic carbocycles. The predicted octanol–water partition coefficient (Wildman–Crippen LogP) is 1.70. The molecule has 98 valence electrons. The highest BCUT2D eigenvalue weighted by atomic mass is 31.2. The molecule has 0 aliphatic heterocycles. The largest absolute Gasteiger partial charge is 0.330 e. The zero-order valence-electron chi connectivity index (χ0n) is 11.0. The van der Waals surface area contributed by atoms with Crippen molar-refractivity contribution in [3.63, 3.8) is 0 Å². The number of hydrogen-bond acceptors (Lipinski definition) is 4. The number of likely N-dealkylation sites (N-methyl/N-ethyl adjacent to an activating group) is 1. The minimum atomic E-state index is -2.38. The third kappa shape index (κ3) is 8.25. The second-order valence-electron chi connectivity index (χ2n) is 4.92. The third-order valence-corrected chi connectivity index (χ3v) is 4.36. The van der Waals surface area contributed by atoms with Crippen LogP contribution in [-0.2, 0) is 9.05 Å². The van der Waals surface area contributed by atoms with E-state index in [2.05, 4.69) is 21.1 Å². The SMILES string of the molecule is COP(=N)(CCCCN)OCC[N+](C)(C)C. The molecule has 3 N–H and O–H groups in total. The first-order valence-corrected chi connectivity index (χ1v) is 7.48. The highest BCUT2D eigenvalue weighted by Gasteiger charge is 2.18. The van der Waals surface area contributed by atoms with E-state index in [1.54, 1.807) is 7.11 Å². The zero-order valence-corrected chi connectivity index (χ0v) is 11.9. The van der Waals surface area contributed by atoms with Crippen molar-refractivity contribution in [3.8, 4) is 0 Å². The maximum Gasteiger partial charge on any atom is 0.209 e. The minimum absolute atomic E-state index is 0.581. The van der Waals surface area contributed by atoms with Gasteiger partial charge in [0, 0.05) is 13.3 Å². The van der Waals surface area contributed by atoms with Crippen LogP contribution in [0.4, 0.5) is 0 Å². The summed E-state index contributed by atoms with van der Waals surface area (Å²) in [5.74, 6) is 0. The van der Waals surface area contributed by atoms with Gasteiger partial charge in [0.25, 0.3) is 0 Å². The molecular formula is C10H27N3O2P+. The van der Waals surface area contributed by atoms with Crippen LogP contribution in [0.3, 0.4) is 0 Å². The summed E-state index contributed by atoms with van der Waals surface area (Å²) in [7, 11) is 5.50. The fourth-order valence-corrected chi connectivity index (χ4v) is 2.57. The van der Waals surface area contributed by atoms with E-state index in [-0.39, 0.29) is 0 Å². The van der Waals surface area contributed by atoms with Gasteiger partial charge in [-0.3, -0.25) is 5.16 Å². The number of nitrogens with one attached hydrogen (secondary N) is 1. The van der Waals surface area contributed by atoms with Crippen LogP contribution in [0.2, 0.25) is 0 Å². The normalized spacial score (nSPS) is 16.1. The van der Waals surface area contributed by atoms with Crippen LogP contribution in [-0.4, -0.2) is 58.6 Å². The Balaban J connectivity index is 3.92. The molecule has 1 atom stereocenters. The molecule has 0 spiro atoms. The molecule has 0 saturated carbocycles. The van der Waals surface area contributed by atoms with Crippen molar-refractivity contribution in [1.82, 2.24) is 0 Å². The van der Waals surface area contributed by atoms with E-state index < -0.39 is 7.51 Å². The second-order valence-corrected chi connectivity index (χ2v) is 7.34. The topological polar surface area (TPSA) is 68.3 Å². The fraction of sp³-hybridized carbons (Fsp3) is 1.00. The molecule has 0 fully saturated rings. The molecule has 6 heteroatoms.